The number of morpholine rings is 1. The van der Waals surface area contributed by atoms with E-state index in [2.05, 4.69) is 24.9 Å². The van der Waals surface area contributed by atoms with Crippen molar-refractivity contribution in [1.82, 2.24) is 9.97 Å². The van der Waals surface area contributed by atoms with Gasteiger partial charge in [0.1, 0.15) is 16.5 Å². The molecule has 1 fully saturated rings. The summed E-state index contributed by atoms with van der Waals surface area (Å²) in [6, 6.07) is 13.9. The molecule has 1 saturated heterocycles. The van der Waals surface area contributed by atoms with Crippen LogP contribution in [0.4, 0.5) is 23.1 Å². The lowest BCUT2D eigenvalue weighted by molar-refractivity contribution is 0.122. The third-order valence-electron chi connectivity index (χ3n) is 5.18. The van der Waals surface area contributed by atoms with Crippen LogP contribution >= 0.6 is 0 Å². The summed E-state index contributed by atoms with van der Waals surface area (Å²) in [4.78, 5) is 11.4. The van der Waals surface area contributed by atoms with E-state index < -0.39 is 10.0 Å². The fourth-order valence-electron chi connectivity index (χ4n) is 3.52. The number of hydrogen-bond donors (Lipinski definition) is 2. The summed E-state index contributed by atoms with van der Waals surface area (Å²) in [7, 11) is -2.36. The number of methoxy groups -OCH3 is 1. The summed E-state index contributed by atoms with van der Waals surface area (Å²) in [6.07, 6.45) is 0. The van der Waals surface area contributed by atoms with Crippen molar-refractivity contribution in [3.63, 3.8) is 0 Å². The number of benzene rings is 2. The van der Waals surface area contributed by atoms with Crippen molar-refractivity contribution in [2.24, 2.45) is 0 Å². The smallest absolute Gasteiger partial charge is 0.265 e. The molecule has 1 aliphatic rings. The molecule has 0 atom stereocenters. The Bertz CT molecular complexity index is 1230. The van der Waals surface area contributed by atoms with Crippen molar-refractivity contribution in [3.05, 3.63) is 59.8 Å². The SMILES string of the molecule is COc1ccc(C)cc1S(=O)(=O)Nc1ccc(Nc2nc(C)cc(N3CCOCC3)n2)cc1. The summed E-state index contributed by atoms with van der Waals surface area (Å²) >= 11 is 0. The zero-order valence-corrected chi connectivity index (χ0v) is 19.6. The fraction of sp³-hybridized carbons (Fsp3) is 0.304. The average Bonchev–Trinajstić information content (AvgIpc) is 2.80. The van der Waals surface area contributed by atoms with E-state index in [-0.39, 0.29) is 4.90 Å². The Morgan fingerprint density at radius 2 is 1.67 bits per heavy atom. The van der Waals surface area contributed by atoms with Crippen molar-refractivity contribution >= 4 is 33.2 Å². The number of anilines is 4. The maximum Gasteiger partial charge on any atom is 0.265 e. The molecule has 174 valence electrons. The van der Waals surface area contributed by atoms with E-state index in [9.17, 15) is 8.42 Å². The number of ether oxygens (including phenoxy) is 2. The number of rotatable bonds is 7. The molecule has 2 aromatic carbocycles. The number of nitrogens with zero attached hydrogens (tertiary/aromatic N) is 3. The molecule has 2 N–H and O–H groups in total. The van der Waals surface area contributed by atoms with Gasteiger partial charge >= 0.3 is 0 Å². The zero-order valence-electron chi connectivity index (χ0n) is 18.8. The van der Waals surface area contributed by atoms with Gasteiger partial charge in [-0.3, -0.25) is 4.72 Å². The predicted molar refractivity (Wildman–Crippen MR) is 128 cm³/mol. The molecule has 2 heterocycles. The second-order valence-electron chi connectivity index (χ2n) is 7.75. The summed E-state index contributed by atoms with van der Waals surface area (Å²) in [5.41, 5.74) is 2.85. The monoisotopic (exact) mass is 469 g/mol. The number of hydrogen-bond acceptors (Lipinski definition) is 8. The van der Waals surface area contributed by atoms with Gasteiger partial charge in [0.2, 0.25) is 5.95 Å². The second kappa shape index (κ2) is 9.63. The first kappa shape index (κ1) is 22.8. The molecule has 0 spiro atoms. The first-order chi connectivity index (χ1) is 15.8. The Morgan fingerprint density at radius 1 is 0.970 bits per heavy atom. The van der Waals surface area contributed by atoms with E-state index in [1.807, 2.05) is 19.9 Å². The fourth-order valence-corrected chi connectivity index (χ4v) is 4.83. The lowest BCUT2D eigenvalue weighted by Gasteiger charge is -2.28. The quantitative estimate of drug-likeness (QED) is 0.542. The first-order valence-corrected chi connectivity index (χ1v) is 12.1. The van der Waals surface area contributed by atoms with E-state index in [1.165, 1.54) is 7.11 Å². The third kappa shape index (κ3) is 5.52. The lowest BCUT2D eigenvalue weighted by atomic mass is 10.2. The molecule has 1 aliphatic heterocycles. The second-order valence-corrected chi connectivity index (χ2v) is 9.40. The average molecular weight is 470 g/mol. The standard InChI is InChI=1S/C23H27N5O4S/c1-16-4-9-20(31-3)21(14-16)33(29,30)27-19-7-5-18(6-8-19)25-23-24-17(2)15-22(26-23)28-10-12-32-13-11-28/h4-9,14-15,27H,10-13H2,1-3H3,(H,24,25,26). The van der Waals surface area contributed by atoms with Crippen LogP contribution in [-0.4, -0.2) is 51.8 Å². The normalized spacial score (nSPS) is 14.1. The first-order valence-electron chi connectivity index (χ1n) is 10.6. The highest BCUT2D eigenvalue weighted by molar-refractivity contribution is 7.92. The summed E-state index contributed by atoms with van der Waals surface area (Å²) in [6.45, 7) is 6.69. The minimum atomic E-state index is -3.81. The molecule has 33 heavy (non-hydrogen) atoms. The van der Waals surface area contributed by atoms with Crippen LogP contribution in [0.15, 0.2) is 53.4 Å². The van der Waals surface area contributed by atoms with E-state index >= 15 is 0 Å². The third-order valence-corrected chi connectivity index (χ3v) is 6.58. The molecule has 4 rings (SSSR count). The number of aryl methyl sites for hydroxylation is 2. The molecule has 0 unspecified atom stereocenters. The Kier molecular flexibility index (Phi) is 6.66. The molecule has 0 radical (unpaired) electrons. The molecule has 0 amide bonds. The van der Waals surface area contributed by atoms with Crippen molar-refractivity contribution in [2.75, 3.05) is 48.4 Å². The minimum absolute atomic E-state index is 0.0935. The summed E-state index contributed by atoms with van der Waals surface area (Å²) in [5.74, 6) is 1.62. The van der Waals surface area contributed by atoms with E-state index in [4.69, 9.17) is 9.47 Å². The van der Waals surface area contributed by atoms with Gasteiger partial charge in [0.15, 0.2) is 0 Å². The van der Waals surface area contributed by atoms with Crippen molar-refractivity contribution in [3.8, 4) is 5.75 Å². The number of sulfonamides is 1. The highest BCUT2D eigenvalue weighted by Gasteiger charge is 2.20. The van der Waals surface area contributed by atoms with Gasteiger partial charge in [-0.25, -0.2) is 13.4 Å². The van der Waals surface area contributed by atoms with E-state index in [0.29, 0.717) is 30.6 Å². The van der Waals surface area contributed by atoms with Crippen molar-refractivity contribution in [2.45, 2.75) is 18.7 Å². The van der Waals surface area contributed by atoms with Crippen molar-refractivity contribution < 1.29 is 17.9 Å². The van der Waals surface area contributed by atoms with Gasteiger partial charge in [-0.05, 0) is 55.8 Å². The van der Waals surface area contributed by atoms with Crippen LogP contribution in [0, 0.1) is 13.8 Å². The molecule has 9 nitrogen and oxygen atoms in total. The van der Waals surface area contributed by atoms with Crippen LogP contribution in [0.2, 0.25) is 0 Å². The summed E-state index contributed by atoms with van der Waals surface area (Å²) < 4.78 is 39.0. The maximum absolute atomic E-state index is 12.9. The van der Waals surface area contributed by atoms with Crippen LogP contribution in [0.25, 0.3) is 0 Å². The van der Waals surface area contributed by atoms with Crippen LogP contribution in [0.5, 0.6) is 5.75 Å². The van der Waals surface area contributed by atoms with Crippen LogP contribution in [0.3, 0.4) is 0 Å². The Balaban J connectivity index is 1.49. The van der Waals surface area contributed by atoms with Gasteiger partial charge < -0.3 is 19.7 Å². The summed E-state index contributed by atoms with van der Waals surface area (Å²) in [5, 5.41) is 3.19. The van der Waals surface area contributed by atoms with E-state index in [1.54, 1.807) is 42.5 Å². The molecule has 1 aromatic heterocycles. The lowest BCUT2D eigenvalue weighted by Crippen LogP contribution is -2.36. The largest absolute Gasteiger partial charge is 0.495 e. The van der Waals surface area contributed by atoms with Gasteiger partial charge in [-0.15, -0.1) is 0 Å². The van der Waals surface area contributed by atoms with Crippen LogP contribution in [0.1, 0.15) is 11.3 Å². The van der Waals surface area contributed by atoms with Crippen LogP contribution < -0.4 is 19.7 Å². The van der Waals surface area contributed by atoms with Gasteiger partial charge in [-0.1, -0.05) is 6.07 Å². The Hall–Kier alpha value is -3.37. The predicted octanol–water partition coefficient (Wildman–Crippen LogP) is 3.48. The van der Waals surface area contributed by atoms with E-state index in [0.717, 1.165) is 35.9 Å². The molecule has 0 saturated carbocycles. The molecule has 0 aliphatic carbocycles. The zero-order chi connectivity index (χ0) is 23.4. The Labute approximate surface area is 193 Å². The highest BCUT2D eigenvalue weighted by Crippen LogP contribution is 2.27. The van der Waals surface area contributed by atoms with Crippen LogP contribution in [-0.2, 0) is 14.8 Å². The topological polar surface area (TPSA) is 106 Å². The molecule has 0 bridgehead atoms. The van der Waals surface area contributed by atoms with Crippen molar-refractivity contribution in [1.29, 1.82) is 0 Å². The molecule has 3 aromatic rings. The highest BCUT2D eigenvalue weighted by atomic mass is 32.2. The van der Waals surface area contributed by atoms with Gasteiger partial charge in [0.05, 0.1) is 20.3 Å². The van der Waals surface area contributed by atoms with Gasteiger partial charge in [-0.2, -0.15) is 4.98 Å². The maximum atomic E-state index is 12.9. The number of aromatic nitrogens is 2. The molecular formula is C23H27N5O4S. The Morgan fingerprint density at radius 3 is 2.36 bits per heavy atom. The van der Waals surface area contributed by atoms with Gasteiger partial charge in [0, 0.05) is 36.2 Å². The number of nitrogens with one attached hydrogen (secondary N) is 2. The minimum Gasteiger partial charge on any atom is -0.495 e. The van der Waals surface area contributed by atoms with Gasteiger partial charge in [0.25, 0.3) is 10.0 Å². The molecular weight excluding hydrogens is 442 g/mol. The molecule has 10 heteroatoms.